The number of nitrogens with one attached hydrogen (secondary N) is 2. The van der Waals surface area contributed by atoms with E-state index in [1.54, 1.807) is 12.4 Å². The van der Waals surface area contributed by atoms with Crippen LogP contribution in [-0.4, -0.2) is 17.1 Å². The maximum Gasteiger partial charge on any atom is 0.240 e. The first-order valence-corrected chi connectivity index (χ1v) is 4.78. The molecular weight excluding hydrogens is 178 g/mol. The van der Waals surface area contributed by atoms with Gasteiger partial charge in [0.25, 0.3) is 0 Å². The molecule has 0 fully saturated rings. The molecular formula is C10H15N3O. The summed E-state index contributed by atoms with van der Waals surface area (Å²) in [6, 6.07) is 3.75. The predicted octanol–water partition coefficient (Wildman–Crippen LogP) is 1.65. The Morgan fingerprint density at radius 2 is 2.57 bits per heavy atom. The Morgan fingerprint density at radius 1 is 1.71 bits per heavy atom. The lowest BCUT2D eigenvalue weighted by molar-refractivity contribution is -0.121. The normalized spacial score (nSPS) is 10.6. The fourth-order valence-electron chi connectivity index (χ4n) is 0.992. The fraction of sp³-hybridized carbons (Fsp3) is 0.400. The Balaban J connectivity index is 2.23. The van der Waals surface area contributed by atoms with E-state index in [1.165, 1.54) is 0 Å². The number of carbonyl (C=O) groups excluding carboxylic acids is 1. The number of unbranched alkanes of at least 4 members (excludes halogenated alkanes) is 1. The molecule has 0 unspecified atom stereocenters. The first kappa shape index (κ1) is 10.5. The molecule has 1 aromatic heterocycles. The van der Waals surface area contributed by atoms with Gasteiger partial charge in [-0.3, -0.25) is 4.79 Å². The molecule has 1 rings (SSSR count). The topological polar surface area (TPSA) is 57.2 Å². The van der Waals surface area contributed by atoms with Crippen molar-refractivity contribution in [1.82, 2.24) is 10.4 Å². The van der Waals surface area contributed by atoms with Gasteiger partial charge >= 0.3 is 0 Å². The minimum absolute atomic E-state index is 0.0327. The second kappa shape index (κ2) is 5.96. The highest BCUT2D eigenvalue weighted by Gasteiger charge is 1.96. The minimum Gasteiger partial charge on any atom is -0.360 e. The zero-order valence-electron chi connectivity index (χ0n) is 8.29. The number of carbonyl (C=O) groups is 1. The summed E-state index contributed by atoms with van der Waals surface area (Å²) >= 11 is 0. The third-order valence-corrected chi connectivity index (χ3v) is 1.77. The van der Waals surface area contributed by atoms with E-state index >= 15 is 0 Å². The van der Waals surface area contributed by atoms with E-state index in [0.717, 1.165) is 18.5 Å². The van der Waals surface area contributed by atoms with E-state index in [4.69, 9.17) is 0 Å². The molecule has 0 atom stereocenters. The van der Waals surface area contributed by atoms with E-state index < -0.39 is 0 Å². The van der Waals surface area contributed by atoms with Gasteiger partial charge in [0, 0.05) is 12.6 Å². The molecule has 0 saturated heterocycles. The summed E-state index contributed by atoms with van der Waals surface area (Å²) in [5, 5.41) is 3.81. The van der Waals surface area contributed by atoms with Crippen LogP contribution in [0.25, 0.3) is 0 Å². The van der Waals surface area contributed by atoms with Crippen LogP contribution in [0.5, 0.6) is 0 Å². The van der Waals surface area contributed by atoms with Gasteiger partial charge in [-0.25, -0.2) is 5.43 Å². The van der Waals surface area contributed by atoms with Gasteiger partial charge in [-0.2, -0.15) is 5.10 Å². The summed E-state index contributed by atoms with van der Waals surface area (Å²) in [7, 11) is 0. The Bertz CT molecular complexity index is 290. The summed E-state index contributed by atoms with van der Waals surface area (Å²) in [6.07, 6.45) is 5.86. The van der Waals surface area contributed by atoms with Crippen LogP contribution in [0.2, 0.25) is 0 Å². The Hall–Kier alpha value is -1.58. The van der Waals surface area contributed by atoms with Crippen molar-refractivity contribution >= 4 is 12.1 Å². The number of rotatable bonds is 5. The van der Waals surface area contributed by atoms with Crippen LogP contribution in [0.1, 0.15) is 31.9 Å². The van der Waals surface area contributed by atoms with Crippen LogP contribution < -0.4 is 5.43 Å². The van der Waals surface area contributed by atoms with Gasteiger partial charge in [0.05, 0.1) is 11.9 Å². The molecule has 0 aliphatic heterocycles. The van der Waals surface area contributed by atoms with Crippen LogP contribution in [0.15, 0.2) is 23.4 Å². The van der Waals surface area contributed by atoms with Gasteiger partial charge < -0.3 is 4.98 Å². The third-order valence-electron chi connectivity index (χ3n) is 1.77. The summed E-state index contributed by atoms with van der Waals surface area (Å²) in [4.78, 5) is 14.0. The lowest BCUT2D eigenvalue weighted by Gasteiger charge is -1.96. The highest BCUT2D eigenvalue weighted by atomic mass is 16.2. The van der Waals surface area contributed by atoms with Crippen LogP contribution >= 0.6 is 0 Å². The molecule has 4 heteroatoms. The van der Waals surface area contributed by atoms with E-state index in [9.17, 15) is 4.79 Å². The van der Waals surface area contributed by atoms with Crippen molar-refractivity contribution in [3.8, 4) is 0 Å². The van der Waals surface area contributed by atoms with Crippen LogP contribution in [0, 0.1) is 0 Å². The van der Waals surface area contributed by atoms with Crippen molar-refractivity contribution in [2.75, 3.05) is 0 Å². The minimum atomic E-state index is -0.0327. The summed E-state index contributed by atoms with van der Waals surface area (Å²) < 4.78 is 0. The summed E-state index contributed by atoms with van der Waals surface area (Å²) in [5.74, 6) is -0.0327. The SMILES string of the molecule is CCCCC(=O)N/N=C/c1ccc[nH]1. The average molecular weight is 193 g/mol. The molecule has 1 aromatic rings. The molecule has 14 heavy (non-hydrogen) atoms. The van der Waals surface area contributed by atoms with E-state index in [1.807, 2.05) is 12.1 Å². The predicted molar refractivity (Wildman–Crippen MR) is 56.1 cm³/mol. The first-order chi connectivity index (χ1) is 6.83. The smallest absolute Gasteiger partial charge is 0.240 e. The van der Waals surface area contributed by atoms with Crippen LogP contribution in [0.3, 0.4) is 0 Å². The number of H-pyrrole nitrogens is 1. The zero-order chi connectivity index (χ0) is 10.2. The molecule has 4 nitrogen and oxygen atoms in total. The third kappa shape index (κ3) is 3.89. The van der Waals surface area contributed by atoms with Gasteiger partial charge in [0.1, 0.15) is 0 Å². The molecule has 0 aliphatic carbocycles. The molecule has 1 heterocycles. The van der Waals surface area contributed by atoms with Gasteiger partial charge in [-0.15, -0.1) is 0 Å². The largest absolute Gasteiger partial charge is 0.360 e. The molecule has 0 radical (unpaired) electrons. The van der Waals surface area contributed by atoms with Gasteiger partial charge in [0.2, 0.25) is 5.91 Å². The molecule has 2 N–H and O–H groups in total. The van der Waals surface area contributed by atoms with Gasteiger partial charge in [-0.1, -0.05) is 13.3 Å². The van der Waals surface area contributed by atoms with Crippen molar-refractivity contribution in [2.24, 2.45) is 5.10 Å². The molecule has 0 aromatic carbocycles. The highest BCUT2D eigenvalue weighted by molar-refractivity contribution is 5.80. The highest BCUT2D eigenvalue weighted by Crippen LogP contribution is 1.93. The van der Waals surface area contributed by atoms with Crippen molar-refractivity contribution < 1.29 is 4.79 Å². The number of hydrogen-bond donors (Lipinski definition) is 2. The molecule has 0 bridgehead atoms. The lowest BCUT2D eigenvalue weighted by Crippen LogP contribution is -2.16. The Labute approximate surface area is 83.4 Å². The quantitative estimate of drug-likeness (QED) is 0.542. The van der Waals surface area contributed by atoms with E-state index in [-0.39, 0.29) is 5.91 Å². The zero-order valence-corrected chi connectivity index (χ0v) is 8.29. The number of nitrogens with zero attached hydrogens (tertiary/aromatic N) is 1. The van der Waals surface area contributed by atoms with E-state index in [0.29, 0.717) is 6.42 Å². The number of hydrogen-bond acceptors (Lipinski definition) is 2. The second-order valence-corrected chi connectivity index (χ2v) is 3.02. The number of aromatic nitrogens is 1. The maximum absolute atomic E-state index is 11.1. The number of aromatic amines is 1. The Morgan fingerprint density at radius 3 is 3.21 bits per heavy atom. The van der Waals surface area contributed by atoms with Crippen molar-refractivity contribution in [2.45, 2.75) is 26.2 Å². The van der Waals surface area contributed by atoms with Crippen LogP contribution in [0.4, 0.5) is 0 Å². The Kier molecular flexibility index (Phi) is 4.47. The molecule has 0 spiro atoms. The molecule has 0 saturated carbocycles. The molecule has 1 amide bonds. The van der Waals surface area contributed by atoms with Gasteiger partial charge in [0.15, 0.2) is 0 Å². The standard InChI is InChI=1S/C10H15N3O/c1-2-3-6-10(14)13-12-8-9-5-4-7-11-9/h4-5,7-8,11H,2-3,6H2,1H3,(H,13,14)/b12-8+. The van der Waals surface area contributed by atoms with Gasteiger partial charge in [-0.05, 0) is 18.6 Å². The fourth-order valence-corrected chi connectivity index (χ4v) is 0.992. The first-order valence-electron chi connectivity index (χ1n) is 4.78. The average Bonchev–Trinajstić information content (AvgIpc) is 2.67. The number of amides is 1. The molecule has 0 aliphatic rings. The summed E-state index contributed by atoms with van der Waals surface area (Å²) in [6.45, 7) is 2.05. The monoisotopic (exact) mass is 193 g/mol. The maximum atomic E-state index is 11.1. The second-order valence-electron chi connectivity index (χ2n) is 3.02. The van der Waals surface area contributed by atoms with Crippen molar-refractivity contribution in [1.29, 1.82) is 0 Å². The van der Waals surface area contributed by atoms with Crippen molar-refractivity contribution in [3.05, 3.63) is 24.0 Å². The van der Waals surface area contributed by atoms with Crippen molar-refractivity contribution in [3.63, 3.8) is 0 Å². The van der Waals surface area contributed by atoms with E-state index in [2.05, 4.69) is 22.4 Å². The number of hydrazone groups is 1. The summed E-state index contributed by atoms with van der Waals surface area (Å²) in [5.41, 5.74) is 3.34. The lowest BCUT2D eigenvalue weighted by atomic mass is 10.2. The van der Waals surface area contributed by atoms with Crippen LogP contribution in [-0.2, 0) is 4.79 Å². The molecule has 76 valence electrons.